The van der Waals surface area contributed by atoms with Gasteiger partial charge in [-0.05, 0) is 142 Å². The van der Waals surface area contributed by atoms with Crippen molar-refractivity contribution in [2.24, 2.45) is 14.1 Å². The molecule has 8 aromatic rings. The van der Waals surface area contributed by atoms with Crippen LogP contribution in [0.2, 0.25) is 0 Å². The van der Waals surface area contributed by atoms with E-state index in [-0.39, 0.29) is 53.9 Å². The van der Waals surface area contributed by atoms with E-state index in [0.717, 1.165) is 85.8 Å². The van der Waals surface area contributed by atoms with E-state index in [1.807, 2.05) is 38.1 Å². The van der Waals surface area contributed by atoms with Gasteiger partial charge in [0.25, 0.3) is 5.91 Å². The van der Waals surface area contributed by atoms with Crippen LogP contribution in [-0.2, 0) is 57.1 Å². The molecule has 0 radical (unpaired) electrons. The smallest absolute Gasteiger partial charge is 0.338 e. The maximum Gasteiger partial charge on any atom is 0.338 e. The fourth-order valence-electron chi connectivity index (χ4n) is 11.1. The van der Waals surface area contributed by atoms with E-state index >= 15 is 4.39 Å². The number of nitrogens with one attached hydrogen (secondary N) is 5. The van der Waals surface area contributed by atoms with Crippen LogP contribution < -0.4 is 51.3 Å². The molecule has 2 saturated heterocycles. The average Bonchev–Trinajstić information content (AvgIpc) is 2.02. The van der Waals surface area contributed by atoms with E-state index in [2.05, 4.69) is 46.7 Å². The van der Waals surface area contributed by atoms with Crippen LogP contribution in [0.3, 0.4) is 0 Å². The van der Waals surface area contributed by atoms with Crippen LogP contribution in [0.5, 0.6) is 34.5 Å². The molecule has 480 valence electrons. The van der Waals surface area contributed by atoms with E-state index in [1.54, 1.807) is 60.3 Å². The minimum atomic E-state index is -1.36. The third kappa shape index (κ3) is 17.0. The molecule has 12 rings (SSSR count). The molecule has 91 heavy (non-hydrogen) atoms. The molecule has 0 aliphatic carbocycles. The number of carboxylic acids is 1. The third-order valence-corrected chi connectivity index (χ3v) is 17.2. The van der Waals surface area contributed by atoms with Crippen molar-refractivity contribution in [1.82, 2.24) is 40.2 Å². The Balaban J connectivity index is 0.000000182. The Kier molecular flexibility index (Phi) is 21.4. The normalized spacial score (nSPS) is 19.1. The summed E-state index contributed by atoms with van der Waals surface area (Å²) >= 11 is 2.70. The van der Waals surface area contributed by atoms with Gasteiger partial charge in [-0.2, -0.15) is 10.2 Å². The number of amides is 3. The lowest BCUT2D eigenvalue weighted by Crippen LogP contribution is -2.47. The number of carbonyl (C=O) groups is 4. The first-order valence-corrected chi connectivity index (χ1v) is 31.6. The van der Waals surface area contributed by atoms with Gasteiger partial charge in [0, 0.05) is 106 Å². The van der Waals surface area contributed by atoms with Crippen LogP contribution in [0.1, 0.15) is 108 Å². The maximum absolute atomic E-state index is 15.2. The molecule has 4 aliphatic rings. The number of aromatic carboxylic acids is 1. The topological polar surface area (TPSA) is 291 Å². The van der Waals surface area contributed by atoms with E-state index in [0.29, 0.717) is 84.4 Å². The first-order valence-electron chi connectivity index (χ1n) is 29.8. The second-order valence-corrected chi connectivity index (χ2v) is 24.4. The molecule has 4 aliphatic heterocycles. The van der Waals surface area contributed by atoms with Gasteiger partial charge in [-0.3, -0.25) is 23.7 Å². The van der Waals surface area contributed by atoms with Crippen molar-refractivity contribution in [2.75, 3.05) is 61.2 Å². The number of aryl methyl sites for hydroxylation is 2. The Morgan fingerprint density at radius 2 is 1.14 bits per heavy atom. The summed E-state index contributed by atoms with van der Waals surface area (Å²) in [6.07, 6.45) is 14.2. The van der Waals surface area contributed by atoms with Crippen LogP contribution in [0.15, 0.2) is 108 Å². The summed E-state index contributed by atoms with van der Waals surface area (Å²) in [4.78, 5) is 58.2. The second-order valence-electron chi connectivity index (χ2n) is 22.6. The van der Waals surface area contributed by atoms with Crippen LogP contribution in [0, 0.1) is 11.6 Å². The van der Waals surface area contributed by atoms with Crippen LogP contribution in [0.4, 0.5) is 30.7 Å². The van der Waals surface area contributed by atoms with Gasteiger partial charge in [-0.15, -0.1) is 22.7 Å². The highest BCUT2D eigenvalue weighted by Gasteiger charge is 2.38. The van der Waals surface area contributed by atoms with Gasteiger partial charge in [0.15, 0.2) is 33.3 Å². The highest BCUT2D eigenvalue weighted by Crippen LogP contribution is 2.44. The number of thiazole rings is 2. The minimum Gasteiger partial charge on any atom is -0.487 e. The van der Waals surface area contributed by atoms with Crippen LogP contribution in [-0.4, -0.2) is 110 Å². The molecule has 2 fully saturated rings. The van der Waals surface area contributed by atoms with E-state index in [1.165, 1.54) is 57.8 Å². The summed E-state index contributed by atoms with van der Waals surface area (Å²) < 4.78 is 69.2. The predicted octanol–water partition coefficient (Wildman–Crippen LogP) is 10.5. The Morgan fingerprint density at radius 3 is 1.54 bits per heavy atom. The molecule has 23 nitrogen and oxygen atoms in total. The lowest BCUT2D eigenvalue weighted by Gasteiger charge is -2.37. The van der Waals surface area contributed by atoms with E-state index in [4.69, 9.17) is 34.2 Å². The summed E-state index contributed by atoms with van der Waals surface area (Å²) in [6, 6.07) is 18.6. The molecule has 0 spiro atoms. The van der Waals surface area contributed by atoms with Gasteiger partial charge >= 0.3 is 5.97 Å². The van der Waals surface area contributed by atoms with Gasteiger partial charge in [0.1, 0.15) is 48.0 Å². The number of carbonyl (C=O) groups excluding carboxylic acids is 3. The molecule has 8 heterocycles. The van der Waals surface area contributed by atoms with Crippen molar-refractivity contribution in [3.8, 4) is 34.5 Å². The molecule has 0 bridgehead atoms. The van der Waals surface area contributed by atoms with Crippen molar-refractivity contribution in [1.29, 1.82) is 0 Å². The summed E-state index contributed by atoms with van der Waals surface area (Å²) in [7, 11) is 3.48. The SMILES string of the molecule is C[C@]1(CC(=O)Nc2nccs2)NCCc2cc(OCC3CCCCO3)c(Oc3ccc(C(=O)O)c(F)c3)cc21.Cn1nccc1N.Cn1nccc1NC(=O)c1ccc(Oc2cc3c(cc2OCC2CCCCO2)CCN[C@]3(C)CC(=O)Nc2nccs2)cc1F. The Morgan fingerprint density at radius 1 is 0.648 bits per heavy atom. The van der Waals surface area contributed by atoms with Gasteiger partial charge in [-0.25, -0.2) is 23.5 Å². The molecule has 0 saturated carbocycles. The predicted molar refractivity (Wildman–Crippen MR) is 339 cm³/mol. The monoisotopic (exact) mass is 1290 g/mol. The van der Waals surface area contributed by atoms with Gasteiger partial charge in [0.2, 0.25) is 11.8 Å². The average molecular weight is 1290 g/mol. The lowest BCUT2D eigenvalue weighted by atomic mass is 9.81. The van der Waals surface area contributed by atoms with Crippen molar-refractivity contribution >= 4 is 68.3 Å². The van der Waals surface area contributed by atoms with Gasteiger partial charge in [-0.1, -0.05) is 0 Å². The van der Waals surface area contributed by atoms with Crippen LogP contribution in [0.25, 0.3) is 0 Å². The van der Waals surface area contributed by atoms with Crippen molar-refractivity contribution in [3.63, 3.8) is 0 Å². The first kappa shape index (κ1) is 65.1. The number of hydrogen-bond donors (Lipinski definition) is 7. The second kappa shape index (κ2) is 29.8. The van der Waals surface area contributed by atoms with Gasteiger partial charge < -0.3 is 65.8 Å². The molecular formula is C64H72F2N12O11S2. The van der Waals surface area contributed by atoms with Crippen LogP contribution >= 0.6 is 22.7 Å². The van der Waals surface area contributed by atoms with Gasteiger partial charge in [0.05, 0.1) is 35.7 Å². The summed E-state index contributed by atoms with van der Waals surface area (Å²) in [6.45, 7) is 7.36. The summed E-state index contributed by atoms with van der Waals surface area (Å²) in [5.74, 6) is -0.840. The maximum atomic E-state index is 15.2. The number of hydrogen-bond acceptors (Lipinski definition) is 19. The first-order chi connectivity index (χ1) is 43.9. The minimum absolute atomic E-state index is 0.0289. The number of aromatic nitrogens is 6. The molecule has 27 heteroatoms. The molecule has 2 unspecified atom stereocenters. The number of rotatable bonds is 19. The fraction of sp³-hybridized carbons (Fsp3) is 0.375. The lowest BCUT2D eigenvalue weighted by molar-refractivity contribution is -0.118. The van der Waals surface area contributed by atoms with Crippen molar-refractivity contribution in [3.05, 3.63) is 153 Å². The fourth-order valence-corrected chi connectivity index (χ4v) is 12.1. The number of ether oxygens (including phenoxy) is 6. The highest BCUT2D eigenvalue weighted by molar-refractivity contribution is 7.14. The molecule has 4 aromatic carbocycles. The van der Waals surface area contributed by atoms with Crippen molar-refractivity contribution < 1.29 is 61.5 Å². The number of nitrogens with zero attached hydrogens (tertiary/aromatic N) is 6. The zero-order valence-electron chi connectivity index (χ0n) is 50.7. The zero-order valence-corrected chi connectivity index (χ0v) is 52.4. The van der Waals surface area contributed by atoms with Crippen molar-refractivity contribution in [2.45, 2.75) is 101 Å². The number of halogens is 2. The summed E-state index contributed by atoms with van der Waals surface area (Å²) in [5.41, 5.74) is 7.12. The number of benzene rings is 4. The number of anilines is 4. The summed E-state index contributed by atoms with van der Waals surface area (Å²) in [5, 5.41) is 37.0. The standard InChI is InChI=1S/C32H35FN6O5S.C28H30FN3O6S.C4H7N3/c1-32(18-29(40)38-31-34-12-14-45-31)24-17-27(26(15-20(24)8-10-35-32)43-19-22-5-3-4-13-42-22)44-21-6-7-23(25(33)16-21)30(41)37-28-9-11-36-39(28)2;1-28(15-25(33)32-27-30-9-11-39-27)21-14-24(38-18-5-6-20(26(34)35)22(29)13-18)23(12-17(21)7-8-31-28)37-16-19-4-2-3-10-36-19;1-7-4(5)2-3-6-7/h6-7,9,11-12,14-17,22,35H,3-5,8,10,13,18-19H2,1-2H3,(H,37,41)(H,34,38,40);5-6,9,11-14,19,31H,2-4,7-8,10,15-16H2,1H3,(H,34,35)(H,30,32,33);2-3H,5H2,1H3/t22?,32-;19?,28-;/m11./s1. The molecule has 8 N–H and O–H groups in total. The number of nitrogen functional groups attached to an aromatic ring is 1. The van der Waals surface area contributed by atoms with E-state index < -0.39 is 40.2 Å². The highest BCUT2D eigenvalue weighted by atomic mass is 32.1. The Labute approximate surface area is 532 Å². The number of nitrogens with two attached hydrogens (primary N) is 1. The Bertz CT molecular complexity index is 3800. The molecule has 3 amide bonds. The molecular weight excluding hydrogens is 1210 g/mol. The quantitative estimate of drug-likeness (QED) is 0.0396. The number of carboxylic acid groups (broad SMARTS) is 1. The number of fused-ring (bicyclic) bond motifs is 2. The zero-order chi connectivity index (χ0) is 64.1. The molecule has 4 atom stereocenters. The third-order valence-electron chi connectivity index (χ3n) is 15.9. The van der Waals surface area contributed by atoms with E-state index in [9.17, 15) is 28.7 Å². The Hall–Kier alpha value is -8.86. The largest absolute Gasteiger partial charge is 0.487 e. The molecule has 4 aromatic heterocycles.